The van der Waals surface area contributed by atoms with Gasteiger partial charge in [-0.15, -0.1) is 0 Å². The molecule has 1 aliphatic heterocycles. The highest BCUT2D eigenvalue weighted by Gasteiger charge is 2.39. The molecular formula is C17H26N2O2. The quantitative estimate of drug-likeness (QED) is 0.903. The zero-order valence-electron chi connectivity index (χ0n) is 13.1. The van der Waals surface area contributed by atoms with Crippen LogP contribution in [0.15, 0.2) is 18.2 Å². The number of para-hydroxylation sites is 1. The summed E-state index contributed by atoms with van der Waals surface area (Å²) < 4.78 is 11.8. The monoisotopic (exact) mass is 290 g/mol. The van der Waals surface area contributed by atoms with Crippen molar-refractivity contribution in [3.05, 3.63) is 23.8 Å². The maximum atomic E-state index is 6.25. The van der Waals surface area contributed by atoms with E-state index < -0.39 is 0 Å². The normalized spacial score (nSPS) is 24.6. The number of hydrogen-bond donors (Lipinski definition) is 1. The van der Waals surface area contributed by atoms with Gasteiger partial charge >= 0.3 is 0 Å². The van der Waals surface area contributed by atoms with Crippen LogP contribution in [0.3, 0.4) is 0 Å². The molecule has 1 aromatic carbocycles. The van der Waals surface area contributed by atoms with Crippen molar-refractivity contribution in [3.63, 3.8) is 0 Å². The molecule has 1 aliphatic carbocycles. The third-order valence-electron chi connectivity index (χ3n) is 4.57. The number of ether oxygens (including phenoxy) is 2. The third kappa shape index (κ3) is 3.50. The first-order valence-corrected chi connectivity index (χ1v) is 7.90. The minimum Gasteiger partial charge on any atom is -0.493 e. The number of likely N-dealkylation sites (tertiary alicyclic amines) is 1. The molecule has 3 rings (SSSR count). The van der Waals surface area contributed by atoms with Gasteiger partial charge in [0.2, 0.25) is 0 Å². The van der Waals surface area contributed by atoms with Crippen LogP contribution in [0, 0.1) is 0 Å². The number of nitrogens with two attached hydrogens (primary N) is 1. The molecule has 4 heteroatoms. The number of methoxy groups -OCH3 is 1. The van der Waals surface area contributed by atoms with Crippen molar-refractivity contribution in [3.8, 4) is 11.5 Å². The average Bonchev–Trinajstić information content (AvgIpc) is 3.16. The summed E-state index contributed by atoms with van der Waals surface area (Å²) in [5.74, 6) is 1.72. The van der Waals surface area contributed by atoms with E-state index in [1.807, 2.05) is 12.1 Å². The van der Waals surface area contributed by atoms with Gasteiger partial charge in [0.25, 0.3) is 0 Å². The summed E-state index contributed by atoms with van der Waals surface area (Å²) in [5, 5.41) is 0. The number of benzene rings is 1. The highest BCUT2D eigenvalue weighted by atomic mass is 16.5. The van der Waals surface area contributed by atoms with E-state index in [0.29, 0.717) is 0 Å². The number of likely N-dealkylation sites (N-methyl/N-ethyl adjacent to an activating group) is 1. The molecule has 1 aromatic rings. The molecule has 0 radical (unpaired) electrons. The van der Waals surface area contributed by atoms with Crippen molar-refractivity contribution in [1.82, 2.24) is 4.90 Å². The Morgan fingerprint density at radius 3 is 2.86 bits per heavy atom. The Morgan fingerprint density at radius 2 is 2.19 bits per heavy atom. The van der Waals surface area contributed by atoms with Crippen molar-refractivity contribution in [2.24, 2.45) is 5.73 Å². The number of nitrogens with zero attached hydrogens (tertiary/aromatic N) is 1. The van der Waals surface area contributed by atoms with Gasteiger partial charge in [0.15, 0.2) is 11.5 Å². The summed E-state index contributed by atoms with van der Waals surface area (Å²) in [4.78, 5) is 2.32. The second-order valence-corrected chi connectivity index (χ2v) is 6.63. The molecule has 1 saturated heterocycles. The molecule has 2 aliphatic rings. The first-order valence-electron chi connectivity index (χ1n) is 7.90. The second kappa shape index (κ2) is 5.85. The summed E-state index contributed by atoms with van der Waals surface area (Å²) >= 11 is 0. The van der Waals surface area contributed by atoms with Crippen molar-refractivity contribution in [2.45, 2.75) is 43.7 Å². The highest BCUT2D eigenvalue weighted by Crippen LogP contribution is 2.40. The van der Waals surface area contributed by atoms with Crippen LogP contribution in [0.2, 0.25) is 0 Å². The third-order valence-corrected chi connectivity index (χ3v) is 4.57. The Balaban J connectivity index is 1.76. The molecule has 2 fully saturated rings. The van der Waals surface area contributed by atoms with Gasteiger partial charge in [-0.3, -0.25) is 0 Å². The van der Waals surface area contributed by atoms with E-state index in [4.69, 9.17) is 15.2 Å². The maximum absolute atomic E-state index is 6.25. The first-order chi connectivity index (χ1) is 10.1. The Labute approximate surface area is 127 Å². The zero-order valence-corrected chi connectivity index (χ0v) is 13.1. The van der Waals surface area contributed by atoms with Crippen LogP contribution < -0.4 is 15.2 Å². The lowest BCUT2D eigenvalue weighted by molar-refractivity contribution is 0.101. The number of hydrogen-bond acceptors (Lipinski definition) is 4. The van der Waals surface area contributed by atoms with Crippen molar-refractivity contribution in [1.29, 1.82) is 0 Å². The van der Waals surface area contributed by atoms with Crippen LogP contribution in [-0.4, -0.2) is 43.8 Å². The SMILES string of the molecule is COc1c(CC2(N)CC2)cccc1OC1CCCN(C)C1. The molecule has 4 nitrogen and oxygen atoms in total. The fraction of sp³-hybridized carbons (Fsp3) is 0.647. The summed E-state index contributed by atoms with van der Waals surface area (Å²) in [5.41, 5.74) is 7.40. The van der Waals surface area contributed by atoms with Crippen LogP contribution in [-0.2, 0) is 6.42 Å². The fourth-order valence-electron chi connectivity index (χ4n) is 3.14. The molecule has 1 unspecified atom stereocenters. The van der Waals surface area contributed by atoms with Gasteiger partial charge in [0.05, 0.1) is 7.11 Å². The molecule has 116 valence electrons. The molecule has 0 spiro atoms. The van der Waals surface area contributed by atoms with Crippen molar-refractivity contribution in [2.75, 3.05) is 27.2 Å². The van der Waals surface area contributed by atoms with Gasteiger partial charge in [-0.1, -0.05) is 12.1 Å². The molecule has 2 N–H and O–H groups in total. The molecule has 21 heavy (non-hydrogen) atoms. The Morgan fingerprint density at radius 1 is 1.38 bits per heavy atom. The van der Waals surface area contributed by atoms with E-state index in [0.717, 1.165) is 50.3 Å². The predicted molar refractivity (Wildman–Crippen MR) is 84.0 cm³/mol. The van der Waals surface area contributed by atoms with Crippen LogP contribution >= 0.6 is 0 Å². The van der Waals surface area contributed by atoms with E-state index in [9.17, 15) is 0 Å². The molecule has 0 aromatic heterocycles. The molecule has 0 bridgehead atoms. The summed E-state index contributed by atoms with van der Waals surface area (Å²) in [6.45, 7) is 2.14. The van der Waals surface area contributed by atoms with E-state index >= 15 is 0 Å². The lowest BCUT2D eigenvalue weighted by atomic mass is 10.0. The maximum Gasteiger partial charge on any atom is 0.163 e. The van der Waals surface area contributed by atoms with Crippen LogP contribution in [0.1, 0.15) is 31.2 Å². The minimum atomic E-state index is -0.0169. The second-order valence-electron chi connectivity index (χ2n) is 6.63. The van der Waals surface area contributed by atoms with E-state index in [2.05, 4.69) is 18.0 Å². The Hall–Kier alpha value is -1.26. The van der Waals surface area contributed by atoms with Gasteiger partial charge in [-0.05, 0) is 57.3 Å². The van der Waals surface area contributed by atoms with Crippen LogP contribution in [0.5, 0.6) is 11.5 Å². The van der Waals surface area contributed by atoms with E-state index in [1.54, 1.807) is 7.11 Å². The van der Waals surface area contributed by atoms with E-state index in [1.165, 1.54) is 12.0 Å². The molecule has 0 amide bonds. The van der Waals surface area contributed by atoms with Gasteiger partial charge < -0.3 is 20.1 Å². The number of rotatable bonds is 5. The largest absolute Gasteiger partial charge is 0.493 e. The highest BCUT2D eigenvalue weighted by molar-refractivity contribution is 5.48. The molecule has 1 saturated carbocycles. The Kier molecular flexibility index (Phi) is 4.09. The van der Waals surface area contributed by atoms with Crippen molar-refractivity contribution < 1.29 is 9.47 Å². The zero-order chi connectivity index (χ0) is 14.9. The fourth-order valence-corrected chi connectivity index (χ4v) is 3.14. The molecular weight excluding hydrogens is 264 g/mol. The van der Waals surface area contributed by atoms with Gasteiger partial charge in [0.1, 0.15) is 6.10 Å². The lowest BCUT2D eigenvalue weighted by Gasteiger charge is -2.30. The van der Waals surface area contributed by atoms with Crippen LogP contribution in [0.4, 0.5) is 0 Å². The van der Waals surface area contributed by atoms with E-state index in [-0.39, 0.29) is 11.6 Å². The van der Waals surface area contributed by atoms with Gasteiger partial charge in [-0.2, -0.15) is 0 Å². The molecule has 1 atom stereocenters. The van der Waals surface area contributed by atoms with Crippen molar-refractivity contribution >= 4 is 0 Å². The first kappa shape index (κ1) is 14.7. The number of piperidine rings is 1. The molecule has 1 heterocycles. The standard InChI is InChI=1S/C17H26N2O2/c1-19-10-4-6-14(12-19)21-15-7-3-5-13(16(15)20-2)11-17(18)8-9-17/h3,5,7,14H,4,6,8-12,18H2,1-2H3. The summed E-state index contributed by atoms with van der Waals surface area (Å²) in [7, 11) is 3.86. The van der Waals surface area contributed by atoms with Gasteiger partial charge in [-0.25, -0.2) is 0 Å². The smallest absolute Gasteiger partial charge is 0.163 e. The topological polar surface area (TPSA) is 47.7 Å². The van der Waals surface area contributed by atoms with Gasteiger partial charge in [0, 0.05) is 12.1 Å². The average molecular weight is 290 g/mol. The minimum absolute atomic E-state index is 0.0169. The lowest BCUT2D eigenvalue weighted by Crippen LogP contribution is -2.38. The van der Waals surface area contributed by atoms with Crippen LogP contribution in [0.25, 0.3) is 0 Å². The predicted octanol–water partition coefficient (Wildman–Crippen LogP) is 2.20. The Bertz CT molecular complexity index is 500. The summed E-state index contributed by atoms with van der Waals surface area (Å²) in [6, 6.07) is 6.16. The summed E-state index contributed by atoms with van der Waals surface area (Å²) in [6.07, 6.45) is 5.63.